The molecule has 76 valence electrons. The van der Waals surface area contributed by atoms with Gasteiger partial charge in [-0.2, -0.15) is 0 Å². The maximum absolute atomic E-state index is 9.93. The molecule has 0 saturated carbocycles. The van der Waals surface area contributed by atoms with Gasteiger partial charge < -0.3 is 14.4 Å². The first-order valence-corrected chi connectivity index (χ1v) is 5.72. The Balaban J connectivity index is 0.000000223. The maximum Gasteiger partial charge on any atom is 0.325 e. The van der Waals surface area contributed by atoms with E-state index in [4.69, 9.17) is 9.79 Å². The van der Waals surface area contributed by atoms with Crippen molar-refractivity contribution >= 4 is 7.60 Å². The van der Waals surface area contributed by atoms with Crippen LogP contribution in [0.1, 0.15) is 13.3 Å². The van der Waals surface area contributed by atoms with Gasteiger partial charge in [0.25, 0.3) is 0 Å². The van der Waals surface area contributed by atoms with Crippen LogP contribution in [-0.2, 0) is 11.6 Å². The number of rotatable bonds is 2. The van der Waals surface area contributed by atoms with Crippen molar-refractivity contribution in [2.75, 3.05) is 6.16 Å². The van der Waals surface area contributed by atoms with E-state index in [1.54, 1.807) is 19.4 Å². The maximum atomic E-state index is 9.93. The number of hydrogen-bond acceptors (Lipinski definition) is 2. The highest BCUT2D eigenvalue weighted by atomic mass is 31.2. The summed E-state index contributed by atoms with van der Waals surface area (Å²) < 4.78 is 11.8. The largest absolute Gasteiger partial charge is 0.341 e. The minimum atomic E-state index is -3.67. The summed E-state index contributed by atoms with van der Waals surface area (Å²) in [5.74, 6) is 0. The van der Waals surface area contributed by atoms with Crippen molar-refractivity contribution in [3.8, 4) is 0 Å². The molecule has 0 aliphatic carbocycles. The summed E-state index contributed by atoms with van der Waals surface area (Å²) >= 11 is 0. The lowest BCUT2D eigenvalue weighted by Crippen LogP contribution is -1.82. The summed E-state index contributed by atoms with van der Waals surface area (Å²) in [4.78, 5) is 20.0. The number of hydrogen-bond donors (Lipinski definition) is 2. The van der Waals surface area contributed by atoms with Crippen molar-refractivity contribution in [1.29, 1.82) is 0 Å². The van der Waals surface area contributed by atoms with Crippen molar-refractivity contribution in [1.82, 2.24) is 9.55 Å². The summed E-state index contributed by atoms with van der Waals surface area (Å²) in [6.45, 7) is 1.74. The van der Waals surface area contributed by atoms with Crippen LogP contribution in [0.5, 0.6) is 0 Å². The molecule has 5 nitrogen and oxygen atoms in total. The van der Waals surface area contributed by atoms with Crippen LogP contribution in [0.25, 0.3) is 0 Å². The van der Waals surface area contributed by atoms with Crippen molar-refractivity contribution < 1.29 is 14.4 Å². The van der Waals surface area contributed by atoms with Gasteiger partial charge in [0.05, 0.1) is 6.33 Å². The molecule has 0 aromatic carbocycles. The molecule has 13 heavy (non-hydrogen) atoms. The van der Waals surface area contributed by atoms with Crippen LogP contribution >= 0.6 is 7.60 Å². The van der Waals surface area contributed by atoms with Crippen LogP contribution in [0, 0.1) is 0 Å². The topological polar surface area (TPSA) is 75.3 Å². The summed E-state index contributed by atoms with van der Waals surface area (Å²) in [6, 6.07) is 0. The highest BCUT2D eigenvalue weighted by molar-refractivity contribution is 7.51. The van der Waals surface area contributed by atoms with E-state index in [0.717, 1.165) is 0 Å². The van der Waals surface area contributed by atoms with Gasteiger partial charge in [0.2, 0.25) is 0 Å². The first-order valence-electron chi connectivity index (χ1n) is 3.92. The number of imidazole rings is 1. The van der Waals surface area contributed by atoms with Crippen molar-refractivity contribution in [3.05, 3.63) is 18.7 Å². The smallest absolute Gasteiger partial charge is 0.325 e. The van der Waals surface area contributed by atoms with Gasteiger partial charge in [0.1, 0.15) is 0 Å². The van der Waals surface area contributed by atoms with E-state index in [2.05, 4.69) is 4.98 Å². The SMILES string of the molecule is CCCP(=O)(O)O.Cn1ccnc1. The van der Waals surface area contributed by atoms with Gasteiger partial charge in [-0.05, 0) is 6.42 Å². The van der Waals surface area contributed by atoms with Gasteiger partial charge in [-0.15, -0.1) is 0 Å². The third kappa shape index (κ3) is 9.27. The molecular formula is C7H15N2O3P. The predicted octanol–water partition coefficient (Wildman–Crippen LogP) is 0.994. The van der Waals surface area contributed by atoms with Gasteiger partial charge in [-0.1, -0.05) is 6.92 Å². The molecule has 1 heterocycles. The molecule has 0 aliphatic rings. The fourth-order valence-electron chi connectivity index (χ4n) is 0.617. The van der Waals surface area contributed by atoms with E-state index in [0.29, 0.717) is 6.42 Å². The second-order valence-electron chi connectivity index (χ2n) is 2.62. The van der Waals surface area contributed by atoms with E-state index in [1.807, 2.05) is 17.8 Å². The predicted molar refractivity (Wildman–Crippen MR) is 50.4 cm³/mol. The Hall–Kier alpha value is -0.640. The number of aromatic nitrogens is 2. The lowest BCUT2D eigenvalue weighted by atomic mass is 10.6. The Bertz CT molecular complexity index is 255. The second kappa shape index (κ2) is 5.91. The zero-order valence-electron chi connectivity index (χ0n) is 7.79. The number of nitrogens with zero attached hydrogens (tertiary/aromatic N) is 2. The molecule has 0 radical (unpaired) electrons. The van der Waals surface area contributed by atoms with Crippen LogP contribution in [0.15, 0.2) is 18.7 Å². The van der Waals surface area contributed by atoms with Gasteiger partial charge in [-0.25, -0.2) is 4.98 Å². The van der Waals surface area contributed by atoms with Crippen LogP contribution in [0.3, 0.4) is 0 Å². The fraction of sp³-hybridized carbons (Fsp3) is 0.571. The minimum absolute atomic E-state index is 0.00694. The standard InChI is InChI=1S/C4H6N2.C3H9O3P/c1-6-3-2-5-4-6;1-2-3-7(4,5)6/h2-4H,1H3;2-3H2,1H3,(H2,4,5,6). The van der Waals surface area contributed by atoms with Gasteiger partial charge in [-0.3, -0.25) is 4.57 Å². The van der Waals surface area contributed by atoms with E-state index in [9.17, 15) is 4.57 Å². The fourth-order valence-corrected chi connectivity index (χ4v) is 1.20. The highest BCUT2D eigenvalue weighted by Crippen LogP contribution is 2.34. The summed E-state index contributed by atoms with van der Waals surface area (Å²) in [6.07, 6.45) is 5.94. The molecule has 1 aromatic rings. The highest BCUT2D eigenvalue weighted by Gasteiger charge is 2.08. The zero-order valence-corrected chi connectivity index (χ0v) is 8.69. The average molecular weight is 206 g/mol. The summed E-state index contributed by atoms with van der Waals surface area (Å²) in [7, 11) is -1.73. The zero-order chi connectivity index (χ0) is 10.3. The molecule has 0 spiro atoms. The third-order valence-corrected chi connectivity index (χ3v) is 2.18. The summed E-state index contributed by atoms with van der Waals surface area (Å²) in [5.41, 5.74) is 0. The molecule has 0 fully saturated rings. The van der Waals surface area contributed by atoms with Gasteiger partial charge >= 0.3 is 7.60 Å². The van der Waals surface area contributed by atoms with Crippen LogP contribution < -0.4 is 0 Å². The minimum Gasteiger partial charge on any atom is -0.341 e. The van der Waals surface area contributed by atoms with E-state index < -0.39 is 7.60 Å². The molecule has 0 amide bonds. The molecule has 1 aromatic heterocycles. The van der Waals surface area contributed by atoms with E-state index in [1.165, 1.54) is 0 Å². The van der Waals surface area contributed by atoms with E-state index >= 15 is 0 Å². The molecule has 0 bridgehead atoms. The lowest BCUT2D eigenvalue weighted by Gasteiger charge is -1.96. The van der Waals surface area contributed by atoms with Gasteiger partial charge in [0.15, 0.2) is 0 Å². The normalized spacial score (nSPS) is 10.5. The first kappa shape index (κ1) is 12.4. The van der Waals surface area contributed by atoms with Crippen molar-refractivity contribution in [2.24, 2.45) is 7.05 Å². The Kier molecular flexibility index (Phi) is 5.62. The molecule has 0 atom stereocenters. The van der Waals surface area contributed by atoms with Crippen molar-refractivity contribution in [3.63, 3.8) is 0 Å². The van der Waals surface area contributed by atoms with Crippen LogP contribution in [0.4, 0.5) is 0 Å². The van der Waals surface area contributed by atoms with Gasteiger partial charge in [0, 0.05) is 25.6 Å². The molecule has 0 unspecified atom stereocenters. The third-order valence-electron chi connectivity index (χ3n) is 1.15. The molecule has 1 rings (SSSR count). The van der Waals surface area contributed by atoms with Crippen molar-refractivity contribution in [2.45, 2.75) is 13.3 Å². The van der Waals surface area contributed by atoms with Crippen LogP contribution in [-0.4, -0.2) is 25.5 Å². The quantitative estimate of drug-likeness (QED) is 0.707. The Morgan fingerprint density at radius 3 is 2.23 bits per heavy atom. The average Bonchev–Trinajstić information content (AvgIpc) is 2.38. The lowest BCUT2D eigenvalue weighted by molar-refractivity contribution is 0.372. The molecule has 6 heteroatoms. The first-order chi connectivity index (χ1) is 5.95. The molecule has 0 aliphatic heterocycles. The molecule has 2 N–H and O–H groups in total. The Labute approximate surface area is 77.6 Å². The monoisotopic (exact) mass is 206 g/mol. The Morgan fingerprint density at radius 2 is 2.15 bits per heavy atom. The van der Waals surface area contributed by atoms with E-state index in [-0.39, 0.29) is 6.16 Å². The number of aryl methyl sites for hydroxylation is 1. The second-order valence-corrected chi connectivity index (χ2v) is 4.39. The molecule has 0 saturated heterocycles. The summed E-state index contributed by atoms with van der Waals surface area (Å²) in [5, 5.41) is 0. The Morgan fingerprint density at radius 1 is 1.54 bits per heavy atom. The molecular weight excluding hydrogens is 191 g/mol. The van der Waals surface area contributed by atoms with Crippen LogP contribution in [0.2, 0.25) is 0 Å².